The van der Waals surface area contributed by atoms with Gasteiger partial charge in [-0.2, -0.15) is 0 Å². The van der Waals surface area contributed by atoms with E-state index in [9.17, 15) is 14.0 Å². The van der Waals surface area contributed by atoms with E-state index in [1.807, 2.05) is 24.3 Å². The quantitative estimate of drug-likeness (QED) is 0.388. The molecule has 1 fully saturated rings. The highest BCUT2D eigenvalue weighted by Gasteiger charge is 2.40. The van der Waals surface area contributed by atoms with Crippen LogP contribution < -0.4 is 0 Å². The van der Waals surface area contributed by atoms with E-state index in [1.165, 1.54) is 19.1 Å². The summed E-state index contributed by atoms with van der Waals surface area (Å²) in [7, 11) is 0. The molecule has 0 bridgehead atoms. The Labute approximate surface area is 189 Å². The van der Waals surface area contributed by atoms with Crippen molar-refractivity contribution in [3.05, 3.63) is 81.5 Å². The lowest BCUT2D eigenvalue weighted by Gasteiger charge is -2.41. The van der Waals surface area contributed by atoms with Crippen LogP contribution in [-0.2, 0) is 20.7 Å². The predicted molar refractivity (Wildman–Crippen MR) is 119 cm³/mol. The number of carbonyl (C=O) groups is 2. The molecule has 0 N–H and O–H groups in total. The zero-order chi connectivity index (χ0) is 22.7. The first kappa shape index (κ1) is 22.3. The molecule has 2 aromatic carbocycles. The molecule has 0 saturated carbocycles. The molecule has 1 amide bonds. The van der Waals surface area contributed by atoms with Gasteiger partial charge in [-0.3, -0.25) is 9.59 Å². The Balaban J connectivity index is 1.62. The Morgan fingerprint density at radius 1 is 1.22 bits per heavy atom. The highest BCUT2D eigenvalue weighted by molar-refractivity contribution is 8.14. The highest BCUT2D eigenvalue weighted by Crippen LogP contribution is 2.37. The third kappa shape index (κ3) is 4.65. The third-order valence-corrected chi connectivity index (χ3v) is 6.98. The number of azide groups is 1. The van der Waals surface area contributed by atoms with E-state index in [4.69, 9.17) is 10.3 Å². The molecule has 4 atom stereocenters. The van der Waals surface area contributed by atoms with Gasteiger partial charge in [0.15, 0.2) is 5.12 Å². The van der Waals surface area contributed by atoms with E-state index in [0.717, 1.165) is 28.5 Å². The topological polar surface area (TPSA) is 95.4 Å². The number of thioether (sulfide) groups is 1. The van der Waals surface area contributed by atoms with Crippen LogP contribution in [0.15, 0.2) is 53.6 Å². The highest BCUT2D eigenvalue weighted by atomic mass is 32.2. The molecular formula is C23H23FN4O3S. The molecule has 2 heterocycles. The predicted octanol–water partition coefficient (Wildman–Crippen LogP) is 4.42. The van der Waals surface area contributed by atoms with E-state index in [0.29, 0.717) is 13.0 Å². The Kier molecular flexibility index (Phi) is 6.79. The number of benzene rings is 2. The number of amides is 1. The average Bonchev–Trinajstić information content (AvgIpc) is 2.79. The molecule has 0 radical (unpaired) electrons. The van der Waals surface area contributed by atoms with E-state index >= 15 is 0 Å². The Hall–Kier alpha value is -2.87. The summed E-state index contributed by atoms with van der Waals surface area (Å²) >= 11 is 1.07. The standard InChI is InChI=1S/C23H23FN4O3S/c1-14(29)32-21-13-31-20(12-19(21)26-27-25)23(30)28-11-10-15-4-2-3-5-18(15)22(28)16-6-8-17(24)9-7-16/h2-9,19-22H,10-13H2,1H3/t19-,20+,21+,22-/m0/s1. The summed E-state index contributed by atoms with van der Waals surface area (Å²) in [5.41, 5.74) is 11.9. The molecule has 0 aromatic heterocycles. The van der Waals surface area contributed by atoms with E-state index < -0.39 is 12.1 Å². The molecule has 9 heteroatoms. The number of halogens is 1. The lowest BCUT2D eigenvalue weighted by molar-refractivity contribution is -0.149. The largest absolute Gasteiger partial charge is 0.367 e. The fraction of sp³-hybridized carbons (Fsp3) is 0.391. The molecule has 166 valence electrons. The maximum absolute atomic E-state index is 13.6. The van der Waals surface area contributed by atoms with Crippen LogP contribution >= 0.6 is 11.8 Å². The second kappa shape index (κ2) is 9.73. The first-order valence-electron chi connectivity index (χ1n) is 10.4. The number of hydrogen-bond acceptors (Lipinski definition) is 5. The summed E-state index contributed by atoms with van der Waals surface area (Å²) < 4.78 is 19.4. The Morgan fingerprint density at radius 2 is 1.97 bits per heavy atom. The summed E-state index contributed by atoms with van der Waals surface area (Å²) in [6.45, 7) is 2.10. The van der Waals surface area contributed by atoms with Crippen molar-refractivity contribution in [3.63, 3.8) is 0 Å². The van der Waals surface area contributed by atoms with Crippen molar-refractivity contribution in [2.75, 3.05) is 13.2 Å². The first-order valence-corrected chi connectivity index (χ1v) is 11.3. The summed E-state index contributed by atoms with van der Waals surface area (Å²) in [6, 6.07) is 13.3. The van der Waals surface area contributed by atoms with Gasteiger partial charge in [0.1, 0.15) is 11.9 Å². The van der Waals surface area contributed by atoms with Crippen LogP contribution in [0.4, 0.5) is 4.39 Å². The first-order chi connectivity index (χ1) is 15.5. The second-order valence-corrected chi connectivity index (χ2v) is 9.33. The number of ether oxygens (including phenoxy) is 1. The minimum absolute atomic E-state index is 0.0921. The molecule has 2 aliphatic heterocycles. The molecular weight excluding hydrogens is 431 g/mol. The van der Waals surface area contributed by atoms with Crippen LogP contribution in [0.25, 0.3) is 10.4 Å². The van der Waals surface area contributed by atoms with Crippen molar-refractivity contribution in [2.45, 2.75) is 43.2 Å². The van der Waals surface area contributed by atoms with E-state index in [-0.39, 0.29) is 41.2 Å². The zero-order valence-electron chi connectivity index (χ0n) is 17.6. The fourth-order valence-corrected chi connectivity index (χ4v) is 5.34. The lowest BCUT2D eigenvalue weighted by Crippen LogP contribution is -2.50. The number of carbonyl (C=O) groups excluding carboxylic acids is 2. The minimum atomic E-state index is -0.775. The fourth-order valence-electron chi connectivity index (χ4n) is 4.44. The number of rotatable bonds is 4. The van der Waals surface area contributed by atoms with Gasteiger partial charge in [-0.05, 0) is 47.2 Å². The van der Waals surface area contributed by atoms with E-state index in [1.54, 1.807) is 17.0 Å². The van der Waals surface area contributed by atoms with Crippen LogP contribution in [-0.4, -0.2) is 46.5 Å². The minimum Gasteiger partial charge on any atom is -0.367 e. The van der Waals surface area contributed by atoms with Gasteiger partial charge in [0, 0.05) is 23.6 Å². The summed E-state index contributed by atoms with van der Waals surface area (Å²) in [6.07, 6.45) is 0.138. The number of hydrogen-bond donors (Lipinski definition) is 0. The van der Waals surface area contributed by atoms with E-state index in [2.05, 4.69) is 10.0 Å². The third-order valence-electron chi connectivity index (χ3n) is 5.89. The number of nitrogens with zero attached hydrogens (tertiary/aromatic N) is 4. The van der Waals surface area contributed by atoms with Gasteiger partial charge in [0.05, 0.1) is 18.7 Å². The molecule has 4 rings (SSSR count). The molecule has 7 nitrogen and oxygen atoms in total. The van der Waals surface area contributed by atoms with Crippen LogP contribution in [0.1, 0.15) is 36.1 Å². The van der Waals surface area contributed by atoms with Gasteiger partial charge in [-0.15, -0.1) is 0 Å². The van der Waals surface area contributed by atoms with Crippen molar-refractivity contribution < 1.29 is 18.7 Å². The Bertz CT molecular complexity index is 1060. The molecule has 2 aliphatic rings. The monoisotopic (exact) mass is 454 g/mol. The van der Waals surface area contributed by atoms with Crippen molar-refractivity contribution in [3.8, 4) is 0 Å². The molecule has 0 spiro atoms. The van der Waals surface area contributed by atoms with Crippen LogP contribution in [0.5, 0.6) is 0 Å². The van der Waals surface area contributed by atoms with Gasteiger partial charge in [-0.25, -0.2) is 4.39 Å². The van der Waals surface area contributed by atoms with Crippen molar-refractivity contribution in [1.29, 1.82) is 0 Å². The summed E-state index contributed by atoms with van der Waals surface area (Å²) in [5, 5.41) is 3.42. The summed E-state index contributed by atoms with van der Waals surface area (Å²) in [4.78, 5) is 29.8. The molecule has 2 aromatic rings. The second-order valence-electron chi connectivity index (χ2n) is 7.91. The van der Waals surface area contributed by atoms with Crippen molar-refractivity contribution >= 4 is 22.8 Å². The number of fused-ring (bicyclic) bond motifs is 1. The van der Waals surface area contributed by atoms with Gasteiger partial charge >= 0.3 is 0 Å². The van der Waals surface area contributed by atoms with Crippen LogP contribution in [0, 0.1) is 5.82 Å². The SMILES string of the molecule is CC(=O)S[C@@H]1CO[C@@H](C(=O)N2CCc3ccccc3[C@@H]2c2ccc(F)cc2)C[C@@H]1N=[N+]=[N-]. The molecule has 32 heavy (non-hydrogen) atoms. The maximum Gasteiger partial charge on any atom is 0.252 e. The Morgan fingerprint density at radius 3 is 2.69 bits per heavy atom. The molecule has 0 aliphatic carbocycles. The molecule has 0 unspecified atom stereocenters. The van der Waals surface area contributed by atoms with Gasteiger partial charge < -0.3 is 9.64 Å². The van der Waals surface area contributed by atoms with Crippen LogP contribution in [0.2, 0.25) is 0 Å². The van der Waals surface area contributed by atoms with Crippen LogP contribution in [0.3, 0.4) is 0 Å². The van der Waals surface area contributed by atoms with Gasteiger partial charge in [0.25, 0.3) is 5.91 Å². The average molecular weight is 455 g/mol. The smallest absolute Gasteiger partial charge is 0.252 e. The zero-order valence-corrected chi connectivity index (χ0v) is 18.4. The van der Waals surface area contributed by atoms with Gasteiger partial charge in [-0.1, -0.05) is 53.3 Å². The normalized spacial score (nSPS) is 24.9. The molecule has 1 saturated heterocycles. The van der Waals surface area contributed by atoms with Crippen molar-refractivity contribution in [1.82, 2.24) is 4.90 Å². The summed E-state index contributed by atoms with van der Waals surface area (Å²) in [5.74, 6) is -0.532. The lowest BCUT2D eigenvalue weighted by atomic mass is 9.87. The maximum atomic E-state index is 13.6. The van der Waals surface area contributed by atoms with Gasteiger partial charge in [0.2, 0.25) is 0 Å². The van der Waals surface area contributed by atoms with Crippen molar-refractivity contribution in [2.24, 2.45) is 5.11 Å².